The van der Waals surface area contributed by atoms with E-state index in [9.17, 15) is 13.2 Å². The second-order valence-electron chi connectivity index (χ2n) is 4.96. The molecule has 1 aromatic carbocycles. The third-order valence-electron chi connectivity index (χ3n) is 3.62. The Morgan fingerprint density at radius 1 is 1.35 bits per heavy atom. The van der Waals surface area contributed by atoms with Crippen LogP contribution in [0, 0.1) is 0 Å². The maximum absolute atomic E-state index is 12.9. The zero-order chi connectivity index (χ0) is 14.9. The molecule has 1 aliphatic heterocycles. The minimum Gasteiger partial charge on any atom is -0.355 e. The van der Waals surface area contributed by atoms with Crippen LogP contribution in [0.5, 0.6) is 0 Å². The number of nitrogens with zero attached hydrogens (tertiary/aromatic N) is 2. The van der Waals surface area contributed by atoms with E-state index in [-0.39, 0.29) is 12.6 Å². The Bertz CT molecular complexity index is 523. The minimum atomic E-state index is -4.37. The molecule has 0 aromatic heterocycles. The van der Waals surface area contributed by atoms with Gasteiger partial charge in [0.25, 0.3) is 0 Å². The molecule has 2 N–H and O–H groups in total. The summed E-state index contributed by atoms with van der Waals surface area (Å²) in [6, 6.07) is 4.17. The minimum absolute atomic E-state index is 0.0745. The normalized spacial score (nSPS) is 19.4. The summed E-state index contributed by atoms with van der Waals surface area (Å²) in [5, 5.41) is 0. The van der Waals surface area contributed by atoms with Gasteiger partial charge in [0.15, 0.2) is 0 Å². The molecule has 0 saturated heterocycles. The number of benzene rings is 1. The van der Waals surface area contributed by atoms with E-state index < -0.39 is 11.7 Å². The van der Waals surface area contributed by atoms with E-state index in [1.807, 2.05) is 18.9 Å². The van der Waals surface area contributed by atoms with Crippen LogP contribution < -0.4 is 5.73 Å². The van der Waals surface area contributed by atoms with Crippen molar-refractivity contribution in [2.45, 2.75) is 32.1 Å². The Hall–Kier alpha value is -1.56. The molecule has 0 unspecified atom stereocenters. The maximum atomic E-state index is 12.9. The Morgan fingerprint density at radius 3 is 2.55 bits per heavy atom. The second-order valence-corrected chi connectivity index (χ2v) is 4.96. The van der Waals surface area contributed by atoms with E-state index in [1.54, 1.807) is 6.07 Å². The van der Waals surface area contributed by atoms with Crippen molar-refractivity contribution in [1.82, 2.24) is 4.90 Å². The number of halogens is 3. The lowest BCUT2D eigenvalue weighted by Gasteiger charge is -2.23. The second kappa shape index (κ2) is 5.44. The monoisotopic (exact) mass is 285 g/mol. The highest BCUT2D eigenvalue weighted by Gasteiger charge is 2.32. The van der Waals surface area contributed by atoms with Gasteiger partial charge in [-0.2, -0.15) is 13.2 Å². The lowest BCUT2D eigenvalue weighted by Crippen LogP contribution is -2.33. The first-order valence-electron chi connectivity index (χ1n) is 6.55. The van der Waals surface area contributed by atoms with Crippen LogP contribution >= 0.6 is 0 Å². The average molecular weight is 285 g/mol. The van der Waals surface area contributed by atoms with Crippen LogP contribution in [0.25, 0.3) is 0 Å². The first-order valence-corrected chi connectivity index (χ1v) is 6.55. The molecule has 1 heterocycles. The molecular weight excluding hydrogens is 267 g/mol. The third-order valence-corrected chi connectivity index (χ3v) is 3.62. The van der Waals surface area contributed by atoms with Gasteiger partial charge >= 0.3 is 6.18 Å². The highest BCUT2D eigenvalue weighted by molar-refractivity contribution is 6.00. The number of hydrogen-bond acceptors (Lipinski definition) is 3. The molecule has 1 atom stereocenters. The van der Waals surface area contributed by atoms with Crippen LogP contribution in [-0.4, -0.2) is 30.4 Å². The molecule has 1 aromatic rings. The zero-order valence-electron chi connectivity index (χ0n) is 11.5. The number of alkyl halides is 3. The number of rotatable bonds is 3. The molecule has 0 bridgehead atoms. The van der Waals surface area contributed by atoms with E-state index in [0.717, 1.165) is 18.6 Å². The van der Waals surface area contributed by atoms with E-state index in [1.165, 1.54) is 0 Å². The van der Waals surface area contributed by atoms with Gasteiger partial charge < -0.3 is 10.6 Å². The first kappa shape index (κ1) is 14.8. The van der Waals surface area contributed by atoms with Crippen molar-refractivity contribution in [2.24, 2.45) is 10.7 Å². The summed E-state index contributed by atoms with van der Waals surface area (Å²) < 4.78 is 38.8. The van der Waals surface area contributed by atoms with Crippen molar-refractivity contribution < 1.29 is 13.2 Å². The largest absolute Gasteiger partial charge is 0.416 e. The van der Waals surface area contributed by atoms with Gasteiger partial charge in [0.1, 0.15) is 5.84 Å². The van der Waals surface area contributed by atoms with Crippen molar-refractivity contribution in [2.75, 3.05) is 13.6 Å². The first-order chi connectivity index (χ1) is 9.36. The summed E-state index contributed by atoms with van der Waals surface area (Å²) in [6.07, 6.45) is -3.46. The van der Waals surface area contributed by atoms with Crippen LogP contribution in [0.2, 0.25) is 0 Å². The summed E-state index contributed by atoms with van der Waals surface area (Å²) in [5.41, 5.74) is 5.77. The summed E-state index contributed by atoms with van der Waals surface area (Å²) >= 11 is 0. The van der Waals surface area contributed by atoms with Crippen molar-refractivity contribution in [3.05, 3.63) is 34.9 Å². The molecule has 6 heteroatoms. The lowest BCUT2D eigenvalue weighted by molar-refractivity contribution is -0.137. The molecule has 0 aliphatic carbocycles. The van der Waals surface area contributed by atoms with Crippen LogP contribution in [0.4, 0.5) is 13.2 Å². The van der Waals surface area contributed by atoms with Gasteiger partial charge in [-0.25, -0.2) is 0 Å². The Kier molecular flexibility index (Phi) is 4.04. The molecule has 0 fully saturated rings. The van der Waals surface area contributed by atoms with Gasteiger partial charge in [-0.3, -0.25) is 4.99 Å². The van der Waals surface area contributed by atoms with Gasteiger partial charge in [0.05, 0.1) is 12.1 Å². The Labute approximate surface area is 116 Å². The molecule has 2 rings (SSSR count). The number of nitrogens with two attached hydrogens (primary N) is 1. The zero-order valence-corrected chi connectivity index (χ0v) is 11.5. The fourth-order valence-corrected chi connectivity index (χ4v) is 2.40. The van der Waals surface area contributed by atoms with Gasteiger partial charge in [-0.1, -0.05) is 6.92 Å². The van der Waals surface area contributed by atoms with Gasteiger partial charge in [0, 0.05) is 25.2 Å². The maximum Gasteiger partial charge on any atom is 0.416 e. The highest BCUT2D eigenvalue weighted by Crippen LogP contribution is 2.31. The number of aliphatic imine (C=N–C) groups is 1. The SMILES string of the molecule is CC[C@@H]1CN=C(c2cc(CN)cc(C(F)(F)F)c2)N1C. The predicted molar refractivity (Wildman–Crippen MR) is 72.6 cm³/mol. The fraction of sp³-hybridized carbons (Fsp3) is 0.500. The average Bonchev–Trinajstić information content (AvgIpc) is 2.78. The molecular formula is C14H18F3N3. The van der Waals surface area contributed by atoms with Crippen LogP contribution in [0.15, 0.2) is 23.2 Å². The summed E-state index contributed by atoms with van der Waals surface area (Å²) in [7, 11) is 1.86. The van der Waals surface area contributed by atoms with Gasteiger partial charge in [-0.05, 0) is 30.2 Å². The Balaban J connectivity index is 2.42. The van der Waals surface area contributed by atoms with Crippen molar-refractivity contribution in [3.8, 4) is 0 Å². The quantitative estimate of drug-likeness (QED) is 0.927. The van der Waals surface area contributed by atoms with E-state index in [4.69, 9.17) is 5.73 Å². The standard InChI is InChI=1S/C14H18F3N3/c1-3-12-8-19-13(20(12)2)10-4-9(7-18)5-11(6-10)14(15,16)17/h4-6,12H,3,7-8,18H2,1-2H3/t12-/m1/s1. The topological polar surface area (TPSA) is 41.6 Å². The molecule has 110 valence electrons. The summed E-state index contributed by atoms with van der Waals surface area (Å²) in [4.78, 5) is 6.31. The molecule has 0 saturated carbocycles. The number of likely N-dealkylation sites (N-methyl/N-ethyl adjacent to an activating group) is 1. The molecule has 0 amide bonds. The molecule has 0 radical (unpaired) electrons. The van der Waals surface area contributed by atoms with Crippen molar-refractivity contribution >= 4 is 5.84 Å². The third kappa shape index (κ3) is 2.80. The van der Waals surface area contributed by atoms with E-state index in [0.29, 0.717) is 23.5 Å². The molecule has 0 spiro atoms. The van der Waals surface area contributed by atoms with Gasteiger partial charge in [0.2, 0.25) is 0 Å². The van der Waals surface area contributed by atoms with Crippen molar-refractivity contribution in [3.63, 3.8) is 0 Å². The number of hydrogen-bond donors (Lipinski definition) is 1. The van der Waals surface area contributed by atoms with Gasteiger partial charge in [-0.15, -0.1) is 0 Å². The predicted octanol–water partition coefficient (Wildman–Crippen LogP) is 2.63. The van der Waals surface area contributed by atoms with Crippen LogP contribution in [0.1, 0.15) is 30.0 Å². The van der Waals surface area contributed by atoms with E-state index >= 15 is 0 Å². The summed E-state index contributed by atoms with van der Waals surface area (Å²) in [5.74, 6) is 0.609. The highest BCUT2D eigenvalue weighted by atomic mass is 19.4. The van der Waals surface area contributed by atoms with E-state index in [2.05, 4.69) is 4.99 Å². The molecule has 3 nitrogen and oxygen atoms in total. The summed E-state index contributed by atoms with van der Waals surface area (Å²) in [6.45, 7) is 2.73. The van der Waals surface area contributed by atoms with Crippen LogP contribution in [-0.2, 0) is 12.7 Å². The number of amidine groups is 1. The molecule has 20 heavy (non-hydrogen) atoms. The Morgan fingerprint density at radius 2 is 2.05 bits per heavy atom. The van der Waals surface area contributed by atoms with Crippen LogP contribution in [0.3, 0.4) is 0 Å². The van der Waals surface area contributed by atoms with Crippen molar-refractivity contribution in [1.29, 1.82) is 0 Å². The molecule has 1 aliphatic rings. The lowest BCUT2D eigenvalue weighted by atomic mass is 10.0. The smallest absolute Gasteiger partial charge is 0.355 e. The fourth-order valence-electron chi connectivity index (χ4n) is 2.40.